The van der Waals surface area contributed by atoms with E-state index in [0.29, 0.717) is 6.04 Å². The van der Waals surface area contributed by atoms with Gasteiger partial charge in [0.1, 0.15) is 11.3 Å². The van der Waals surface area contributed by atoms with E-state index in [9.17, 15) is 0 Å². The first-order valence-electron chi connectivity index (χ1n) is 7.13. The summed E-state index contributed by atoms with van der Waals surface area (Å²) in [5.41, 5.74) is 1.93. The summed E-state index contributed by atoms with van der Waals surface area (Å²) in [5, 5.41) is 9.00. The van der Waals surface area contributed by atoms with Crippen molar-refractivity contribution >= 4 is 43.3 Å². The summed E-state index contributed by atoms with van der Waals surface area (Å²) in [5.74, 6) is 1.64. The lowest BCUT2D eigenvalue weighted by atomic mass is 10.2. The molecule has 0 amide bonds. The van der Waals surface area contributed by atoms with Crippen LogP contribution in [0.1, 0.15) is 6.42 Å². The summed E-state index contributed by atoms with van der Waals surface area (Å²) in [4.78, 5) is 13.5. The number of pyridine rings is 1. The van der Waals surface area contributed by atoms with Gasteiger partial charge < -0.3 is 10.6 Å². The van der Waals surface area contributed by atoms with E-state index in [-0.39, 0.29) is 0 Å². The van der Waals surface area contributed by atoms with Gasteiger partial charge in [0.15, 0.2) is 5.82 Å². The number of anilines is 1. The van der Waals surface area contributed by atoms with Crippen LogP contribution in [0, 0.1) is 0 Å². The van der Waals surface area contributed by atoms with Gasteiger partial charge in [-0.15, -0.1) is 11.3 Å². The molecular formula is C15H14BrN5S. The van der Waals surface area contributed by atoms with Crippen molar-refractivity contribution in [2.24, 2.45) is 0 Å². The van der Waals surface area contributed by atoms with Gasteiger partial charge >= 0.3 is 0 Å². The number of hydrogen-bond donors (Lipinski definition) is 2. The molecule has 3 aromatic rings. The zero-order valence-electron chi connectivity index (χ0n) is 11.7. The van der Waals surface area contributed by atoms with Crippen molar-refractivity contribution in [2.45, 2.75) is 12.5 Å². The molecule has 3 aromatic heterocycles. The molecule has 4 rings (SSSR count). The lowest BCUT2D eigenvalue weighted by molar-refractivity contribution is 0.789. The van der Waals surface area contributed by atoms with Gasteiger partial charge in [-0.2, -0.15) is 0 Å². The Bertz CT molecular complexity index is 798. The zero-order chi connectivity index (χ0) is 14.9. The third kappa shape index (κ3) is 2.60. The fourth-order valence-corrected chi connectivity index (χ4v) is 4.10. The molecule has 0 spiro atoms. The summed E-state index contributed by atoms with van der Waals surface area (Å²) in [7, 11) is 0. The Labute approximate surface area is 140 Å². The SMILES string of the molecule is Brc1csc2c(N[C@@H]3CCNC3)nc(-c3ccncc3)nc12. The Hall–Kier alpha value is -1.57. The van der Waals surface area contributed by atoms with Crippen LogP contribution >= 0.6 is 27.3 Å². The van der Waals surface area contributed by atoms with Crippen molar-refractivity contribution in [3.8, 4) is 11.4 Å². The van der Waals surface area contributed by atoms with E-state index in [1.807, 2.05) is 12.1 Å². The van der Waals surface area contributed by atoms with Crippen molar-refractivity contribution < 1.29 is 0 Å². The van der Waals surface area contributed by atoms with Gasteiger partial charge in [-0.3, -0.25) is 4.98 Å². The lowest BCUT2D eigenvalue weighted by Crippen LogP contribution is -2.22. The minimum Gasteiger partial charge on any atom is -0.365 e. The fraction of sp³-hybridized carbons (Fsp3) is 0.267. The minimum absolute atomic E-state index is 0.421. The van der Waals surface area contributed by atoms with Gasteiger partial charge in [0.2, 0.25) is 0 Å². The quantitative estimate of drug-likeness (QED) is 0.735. The van der Waals surface area contributed by atoms with E-state index in [0.717, 1.165) is 51.4 Å². The molecule has 1 saturated heterocycles. The molecule has 7 heteroatoms. The van der Waals surface area contributed by atoms with Crippen molar-refractivity contribution in [3.63, 3.8) is 0 Å². The molecule has 0 saturated carbocycles. The first kappa shape index (κ1) is 14.0. The maximum atomic E-state index is 4.76. The predicted octanol–water partition coefficient (Wildman–Crippen LogP) is 3.29. The van der Waals surface area contributed by atoms with Crippen LogP contribution in [-0.2, 0) is 0 Å². The number of fused-ring (bicyclic) bond motifs is 1. The first-order valence-corrected chi connectivity index (χ1v) is 8.81. The summed E-state index contributed by atoms with van der Waals surface area (Å²) in [6.07, 6.45) is 4.64. The zero-order valence-corrected chi connectivity index (χ0v) is 14.1. The highest BCUT2D eigenvalue weighted by atomic mass is 79.9. The molecule has 0 unspecified atom stereocenters. The maximum absolute atomic E-state index is 4.76. The average molecular weight is 376 g/mol. The van der Waals surface area contributed by atoms with Crippen LogP contribution in [0.25, 0.3) is 21.6 Å². The molecule has 0 radical (unpaired) electrons. The monoisotopic (exact) mass is 375 g/mol. The normalized spacial score (nSPS) is 18.0. The van der Waals surface area contributed by atoms with Crippen LogP contribution in [0.2, 0.25) is 0 Å². The predicted molar refractivity (Wildman–Crippen MR) is 93.2 cm³/mol. The van der Waals surface area contributed by atoms with Crippen LogP contribution in [0.5, 0.6) is 0 Å². The maximum Gasteiger partial charge on any atom is 0.162 e. The Morgan fingerprint density at radius 2 is 2.14 bits per heavy atom. The molecule has 0 aliphatic carbocycles. The largest absolute Gasteiger partial charge is 0.365 e. The molecule has 4 heterocycles. The van der Waals surface area contributed by atoms with Crippen molar-refractivity contribution in [2.75, 3.05) is 18.4 Å². The Morgan fingerprint density at radius 1 is 1.27 bits per heavy atom. The molecule has 1 aliphatic heterocycles. The van der Waals surface area contributed by atoms with E-state index in [1.54, 1.807) is 23.7 Å². The van der Waals surface area contributed by atoms with Crippen LogP contribution in [0.15, 0.2) is 34.4 Å². The van der Waals surface area contributed by atoms with Crippen molar-refractivity contribution in [1.82, 2.24) is 20.3 Å². The van der Waals surface area contributed by atoms with Gasteiger partial charge in [-0.05, 0) is 41.0 Å². The Balaban J connectivity index is 1.82. The van der Waals surface area contributed by atoms with Crippen LogP contribution in [0.3, 0.4) is 0 Å². The summed E-state index contributed by atoms with van der Waals surface area (Å²) < 4.78 is 2.11. The Kier molecular flexibility index (Phi) is 3.77. The van der Waals surface area contributed by atoms with Crippen LogP contribution in [0.4, 0.5) is 5.82 Å². The molecule has 0 bridgehead atoms. The van der Waals surface area contributed by atoms with Crippen LogP contribution in [-0.4, -0.2) is 34.1 Å². The highest BCUT2D eigenvalue weighted by Crippen LogP contribution is 2.35. The number of nitrogens with one attached hydrogen (secondary N) is 2. The Morgan fingerprint density at radius 3 is 2.91 bits per heavy atom. The highest BCUT2D eigenvalue weighted by molar-refractivity contribution is 9.10. The highest BCUT2D eigenvalue weighted by Gasteiger charge is 2.19. The molecule has 5 nitrogen and oxygen atoms in total. The second-order valence-corrected chi connectivity index (χ2v) is 6.96. The van der Waals surface area contributed by atoms with Gasteiger partial charge in [0.25, 0.3) is 0 Å². The van der Waals surface area contributed by atoms with E-state index in [2.05, 4.69) is 36.9 Å². The molecule has 112 valence electrons. The molecule has 1 fully saturated rings. The van der Waals surface area contributed by atoms with E-state index in [4.69, 9.17) is 9.97 Å². The second-order valence-electron chi connectivity index (χ2n) is 5.23. The topological polar surface area (TPSA) is 62.7 Å². The standard InChI is InChI=1S/C15H14BrN5S/c16-11-8-22-13-12(11)20-14(9-1-4-17-5-2-9)21-15(13)19-10-3-6-18-7-10/h1-2,4-5,8,10,18H,3,6-7H2,(H,19,20,21)/t10-/m1/s1. The lowest BCUT2D eigenvalue weighted by Gasteiger charge is -2.13. The van der Waals surface area contributed by atoms with Gasteiger partial charge in [0, 0.05) is 35.9 Å². The minimum atomic E-state index is 0.421. The summed E-state index contributed by atoms with van der Waals surface area (Å²) in [6, 6.07) is 4.29. The molecule has 1 aliphatic rings. The molecule has 0 aromatic carbocycles. The third-order valence-corrected chi connectivity index (χ3v) is 5.60. The van der Waals surface area contributed by atoms with Crippen molar-refractivity contribution in [1.29, 1.82) is 0 Å². The fourth-order valence-electron chi connectivity index (χ4n) is 2.59. The number of thiophene rings is 1. The first-order chi connectivity index (χ1) is 10.8. The number of rotatable bonds is 3. The number of aromatic nitrogens is 3. The second kappa shape index (κ2) is 5.91. The molecular weight excluding hydrogens is 362 g/mol. The summed E-state index contributed by atoms with van der Waals surface area (Å²) in [6.45, 7) is 2.03. The smallest absolute Gasteiger partial charge is 0.162 e. The number of nitrogens with zero attached hydrogens (tertiary/aromatic N) is 3. The third-order valence-electron chi connectivity index (χ3n) is 3.71. The molecule has 2 N–H and O–H groups in total. The molecule has 1 atom stereocenters. The van der Waals surface area contributed by atoms with E-state index in [1.165, 1.54) is 0 Å². The van der Waals surface area contributed by atoms with E-state index >= 15 is 0 Å². The van der Waals surface area contributed by atoms with Gasteiger partial charge in [-0.1, -0.05) is 0 Å². The average Bonchev–Trinajstić information content (AvgIpc) is 3.19. The van der Waals surface area contributed by atoms with E-state index < -0.39 is 0 Å². The van der Waals surface area contributed by atoms with Crippen LogP contribution < -0.4 is 10.6 Å². The summed E-state index contributed by atoms with van der Waals surface area (Å²) >= 11 is 5.25. The van der Waals surface area contributed by atoms with Gasteiger partial charge in [0.05, 0.1) is 9.17 Å². The number of hydrogen-bond acceptors (Lipinski definition) is 6. The number of halogens is 1. The van der Waals surface area contributed by atoms with Gasteiger partial charge in [-0.25, -0.2) is 9.97 Å². The molecule has 22 heavy (non-hydrogen) atoms. The van der Waals surface area contributed by atoms with Crippen molar-refractivity contribution in [3.05, 3.63) is 34.4 Å².